The fraction of sp³-hybridized carbons (Fsp3) is 0.188. The zero-order valence-electron chi connectivity index (χ0n) is 39.9. The van der Waals surface area contributed by atoms with E-state index < -0.39 is 0 Å². The van der Waals surface area contributed by atoms with Gasteiger partial charge in [-0.2, -0.15) is 0 Å². The van der Waals surface area contributed by atoms with Gasteiger partial charge in [-0.3, -0.25) is 0 Å². The summed E-state index contributed by atoms with van der Waals surface area (Å²) in [5, 5.41) is 4.92. The second-order valence-corrected chi connectivity index (χ2v) is 21.1. The van der Waals surface area contributed by atoms with Gasteiger partial charge in [0.1, 0.15) is 0 Å². The Hall–Kier alpha value is -7.16. The molecule has 0 saturated heterocycles. The third kappa shape index (κ3) is 7.79. The van der Waals surface area contributed by atoms with E-state index in [1.807, 2.05) is 0 Å². The van der Waals surface area contributed by atoms with E-state index in [2.05, 4.69) is 272 Å². The molecule has 66 heavy (non-hydrogen) atoms. The van der Waals surface area contributed by atoms with E-state index in [0.717, 1.165) is 22.7 Å². The van der Waals surface area contributed by atoms with Crippen molar-refractivity contribution in [2.75, 3.05) is 4.90 Å². The number of para-hydroxylation sites is 3. The lowest BCUT2D eigenvalue weighted by atomic mass is 9.78. The highest BCUT2D eigenvalue weighted by Crippen LogP contribution is 2.49. The van der Waals surface area contributed by atoms with Crippen LogP contribution in [0.25, 0.3) is 71.6 Å². The Labute approximate surface area is 391 Å². The molecule has 0 fully saturated rings. The molecule has 0 spiro atoms. The lowest BCUT2D eigenvalue weighted by Crippen LogP contribution is -2.16. The van der Waals surface area contributed by atoms with Gasteiger partial charge in [-0.1, -0.05) is 214 Å². The van der Waals surface area contributed by atoms with Gasteiger partial charge in [0.2, 0.25) is 0 Å². The highest BCUT2D eigenvalue weighted by Gasteiger charge is 2.27. The topological polar surface area (TPSA) is 8.17 Å². The SMILES string of the molecule is CC(C)(C)c1cc(-c2cccc3cccc(-c4ccccc4N(c4ccc5c(c4)c4ccccc4n5-c4ccccc4)c4cc(C(C)(C)C)ccc4-c4ccccc4)c23)cc(C(C)(C)C)c1. The summed E-state index contributed by atoms with van der Waals surface area (Å²) >= 11 is 0. The summed E-state index contributed by atoms with van der Waals surface area (Å²) in [4.78, 5) is 2.54. The summed E-state index contributed by atoms with van der Waals surface area (Å²) in [6, 6.07) is 74.7. The summed E-state index contributed by atoms with van der Waals surface area (Å²) in [5.74, 6) is 0. The molecule has 1 aromatic heterocycles. The van der Waals surface area contributed by atoms with Gasteiger partial charge in [-0.25, -0.2) is 0 Å². The monoisotopic (exact) mass is 856 g/mol. The first-order chi connectivity index (χ1) is 31.6. The van der Waals surface area contributed by atoms with Crippen molar-refractivity contribution in [3.05, 3.63) is 217 Å². The molecule has 10 rings (SSSR count). The predicted molar refractivity (Wildman–Crippen MR) is 285 cm³/mol. The normalized spacial score (nSPS) is 12.3. The first-order valence-electron chi connectivity index (χ1n) is 23.5. The number of anilines is 3. The molecule has 9 aromatic carbocycles. The van der Waals surface area contributed by atoms with Crippen molar-refractivity contribution in [1.82, 2.24) is 4.57 Å². The molecular weight excluding hydrogens is 797 g/mol. The number of hydrogen-bond acceptors (Lipinski definition) is 1. The maximum absolute atomic E-state index is 2.54. The van der Waals surface area contributed by atoms with Gasteiger partial charge < -0.3 is 9.47 Å². The zero-order valence-corrected chi connectivity index (χ0v) is 39.9. The molecular formula is C64H60N2. The van der Waals surface area contributed by atoms with E-state index in [-0.39, 0.29) is 16.2 Å². The molecule has 10 aromatic rings. The molecule has 0 atom stereocenters. The van der Waals surface area contributed by atoms with Crippen LogP contribution in [0.3, 0.4) is 0 Å². The van der Waals surface area contributed by atoms with Crippen molar-refractivity contribution < 1.29 is 0 Å². The average Bonchev–Trinajstić information content (AvgIpc) is 3.65. The molecule has 0 aliphatic heterocycles. The van der Waals surface area contributed by atoms with Crippen molar-refractivity contribution in [2.45, 2.75) is 78.6 Å². The molecule has 0 radical (unpaired) electrons. The third-order valence-corrected chi connectivity index (χ3v) is 13.4. The van der Waals surface area contributed by atoms with E-state index in [0.29, 0.717) is 0 Å². The third-order valence-electron chi connectivity index (χ3n) is 13.4. The number of fused-ring (bicyclic) bond motifs is 4. The first kappa shape index (κ1) is 42.8. The number of benzene rings is 9. The Morgan fingerprint density at radius 3 is 1.61 bits per heavy atom. The summed E-state index contributed by atoms with van der Waals surface area (Å²) in [5.41, 5.74) is 18.0. The van der Waals surface area contributed by atoms with Crippen LogP contribution in [-0.2, 0) is 16.2 Å². The molecule has 326 valence electrons. The van der Waals surface area contributed by atoms with Crippen LogP contribution in [0.1, 0.15) is 79.0 Å². The number of nitrogens with zero attached hydrogens (tertiary/aromatic N) is 2. The lowest BCUT2D eigenvalue weighted by Gasteiger charge is -2.32. The van der Waals surface area contributed by atoms with Crippen LogP contribution in [0.15, 0.2) is 200 Å². The van der Waals surface area contributed by atoms with Crippen LogP contribution in [0.2, 0.25) is 0 Å². The fourth-order valence-electron chi connectivity index (χ4n) is 9.76. The predicted octanol–water partition coefficient (Wildman–Crippen LogP) is 18.3. The number of aromatic nitrogens is 1. The van der Waals surface area contributed by atoms with Crippen LogP contribution in [0.4, 0.5) is 17.1 Å². The van der Waals surface area contributed by atoms with E-state index in [9.17, 15) is 0 Å². The molecule has 2 nitrogen and oxygen atoms in total. The lowest BCUT2D eigenvalue weighted by molar-refractivity contribution is 0.569. The minimum atomic E-state index is -0.0831. The Kier molecular flexibility index (Phi) is 10.6. The van der Waals surface area contributed by atoms with Gasteiger partial charge in [0, 0.05) is 33.3 Å². The molecule has 0 aliphatic carbocycles. The molecule has 0 unspecified atom stereocenters. The van der Waals surface area contributed by atoms with Crippen molar-refractivity contribution in [3.63, 3.8) is 0 Å². The largest absolute Gasteiger partial charge is 0.309 e. The van der Waals surface area contributed by atoms with Gasteiger partial charge in [0.25, 0.3) is 0 Å². The van der Waals surface area contributed by atoms with Crippen LogP contribution in [-0.4, -0.2) is 4.57 Å². The molecule has 0 amide bonds. The standard InChI is InChI=1S/C64H60N2/c1-62(2,3)46-34-36-51(43-22-12-10-13-23-43)60(41-46)66(50-35-37-59-56(42-50)54-29-17-19-33-58(54)65(59)49-26-14-11-15-27-49)57-32-18-16-28-53(57)55-31-21-25-44-24-20-30-52(61(44)55)45-38-47(63(4,5)6)40-48(39-45)64(7,8)9/h10-42H,1-9H3. The van der Waals surface area contributed by atoms with Gasteiger partial charge in [-0.05, 0) is 114 Å². The smallest absolute Gasteiger partial charge is 0.0543 e. The summed E-state index contributed by atoms with van der Waals surface area (Å²) in [7, 11) is 0. The van der Waals surface area contributed by atoms with Crippen molar-refractivity contribution in [3.8, 4) is 39.1 Å². The van der Waals surface area contributed by atoms with Crippen LogP contribution >= 0.6 is 0 Å². The molecule has 0 bridgehead atoms. The van der Waals surface area contributed by atoms with Gasteiger partial charge in [0.15, 0.2) is 0 Å². The minimum Gasteiger partial charge on any atom is -0.309 e. The van der Waals surface area contributed by atoms with E-state index in [1.54, 1.807) is 0 Å². The van der Waals surface area contributed by atoms with Crippen LogP contribution < -0.4 is 4.90 Å². The number of hydrogen-bond donors (Lipinski definition) is 0. The second kappa shape index (κ2) is 16.4. The molecule has 1 heterocycles. The quantitative estimate of drug-likeness (QED) is 0.155. The van der Waals surface area contributed by atoms with Gasteiger partial charge in [0.05, 0.1) is 22.4 Å². The van der Waals surface area contributed by atoms with Crippen LogP contribution in [0.5, 0.6) is 0 Å². The minimum absolute atomic E-state index is 0.0108. The highest BCUT2D eigenvalue weighted by molar-refractivity contribution is 6.12. The fourth-order valence-corrected chi connectivity index (χ4v) is 9.76. The molecule has 0 N–H and O–H groups in total. The zero-order chi connectivity index (χ0) is 46.0. The first-order valence-corrected chi connectivity index (χ1v) is 23.5. The van der Waals surface area contributed by atoms with Gasteiger partial charge in [-0.15, -0.1) is 0 Å². The average molecular weight is 857 g/mol. The van der Waals surface area contributed by atoms with Crippen LogP contribution in [0, 0.1) is 0 Å². The summed E-state index contributed by atoms with van der Waals surface area (Å²) in [6.07, 6.45) is 0. The Morgan fingerprint density at radius 2 is 0.924 bits per heavy atom. The molecule has 0 saturated carbocycles. The molecule has 2 heteroatoms. The van der Waals surface area contributed by atoms with Crippen molar-refractivity contribution in [2.24, 2.45) is 0 Å². The van der Waals surface area contributed by atoms with Gasteiger partial charge >= 0.3 is 0 Å². The van der Waals surface area contributed by atoms with E-state index in [1.165, 1.54) is 82.6 Å². The Balaban J connectivity index is 1.29. The summed E-state index contributed by atoms with van der Waals surface area (Å²) < 4.78 is 2.40. The maximum atomic E-state index is 2.54. The summed E-state index contributed by atoms with van der Waals surface area (Å²) in [6.45, 7) is 20.9. The van der Waals surface area contributed by atoms with Crippen molar-refractivity contribution in [1.29, 1.82) is 0 Å². The Morgan fingerprint density at radius 1 is 0.348 bits per heavy atom. The van der Waals surface area contributed by atoms with E-state index in [4.69, 9.17) is 0 Å². The highest BCUT2D eigenvalue weighted by atomic mass is 15.1. The van der Waals surface area contributed by atoms with E-state index >= 15 is 0 Å². The van der Waals surface area contributed by atoms with Crippen molar-refractivity contribution >= 4 is 49.6 Å². The number of rotatable bonds is 7. The maximum Gasteiger partial charge on any atom is 0.0543 e. The molecule has 0 aliphatic rings. The Bertz CT molecular complexity index is 3370. The second-order valence-electron chi connectivity index (χ2n) is 21.1.